The molecule has 4 nitrogen and oxygen atoms in total. The van der Waals surface area contributed by atoms with Crippen molar-refractivity contribution in [2.24, 2.45) is 11.8 Å². The Labute approximate surface area is 125 Å². The van der Waals surface area contributed by atoms with Crippen LogP contribution in [0.3, 0.4) is 0 Å². The van der Waals surface area contributed by atoms with Gasteiger partial charge in [-0.3, -0.25) is 9.59 Å². The van der Waals surface area contributed by atoms with Gasteiger partial charge in [-0.25, -0.2) is 0 Å². The Balaban J connectivity index is 1.46. The Hall–Kier alpha value is -1.84. The van der Waals surface area contributed by atoms with Crippen molar-refractivity contribution in [3.8, 4) is 0 Å². The Bertz CT molecular complexity index is 511. The highest BCUT2D eigenvalue weighted by molar-refractivity contribution is 5.80. The average Bonchev–Trinajstić information content (AvgIpc) is 2.76. The Morgan fingerprint density at radius 1 is 1.24 bits per heavy atom. The molecule has 0 bridgehead atoms. The smallest absolute Gasteiger partial charge is 0.223 e. The Morgan fingerprint density at radius 3 is 2.67 bits per heavy atom. The molecule has 1 aromatic rings. The summed E-state index contributed by atoms with van der Waals surface area (Å²) in [6.07, 6.45) is 3.77. The van der Waals surface area contributed by atoms with Gasteiger partial charge in [0.1, 0.15) is 0 Å². The van der Waals surface area contributed by atoms with Crippen LogP contribution >= 0.6 is 0 Å². The number of amides is 2. The molecule has 1 saturated heterocycles. The number of nitrogens with zero attached hydrogens (tertiary/aromatic N) is 1. The predicted molar refractivity (Wildman–Crippen MR) is 80.3 cm³/mol. The second kappa shape index (κ2) is 6.29. The van der Waals surface area contributed by atoms with Gasteiger partial charge in [-0.15, -0.1) is 0 Å². The van der Waals surface area contributed by atoms with Gasteiger partial charge >= 0.3 is 0 Å². The number of likely N-dealkylation sites (tertiary alicyclic amines) is 1. The van der Waals surface area contributed by atoms with E-state index in [1.807, 2.05) is 35.2 Å². The lowest BCUT2D eigenvalue weighted by atomic mass is 9.85. The molecule has 2 fully saturated rings. The Kier molecular flexibility index (Phi) is 4.23. The van der Waals surface area contributed by atoms with Crippen LogP contribution in [-0.4, -0.2) is 29.8 Å². The number of carbonyl (C=O) groups excluding carboxylic acids is 2. The molecule has 112 valence electrons. The molecule has 21 heavy (non-hydrogen) atoms. The zero-order valence-corrected chi connectivity index (χ0v) is 12.3. The molecule has 1 N–H and O–H groups in total. The third-order valence-electron chi connectivity index (χ3n) is 4.55. The van der Waals surface area contributed by atoms with E-state index in [0.717, 1.165) is 24.9 Å². The molecular formula is C17H22N2O2. The molecule has 4 heteroatoms. The van der Waals surface area contributed by atoms with E-state index >= 15 is 0 Å². The number of hydrogen-bond donors (Lipinski definition) is 1. The summed E-state index contributed by atoms with van der Waals surface area (Å²) in [5.41, 5.74) is 1.16. The second-order valence-corrected chi connectivity index (χ2v) is 6.20. The van der Waals surface area contributed by atoms with Crippen LogP contribution in [0.25, 0.3) is 0 Å². The fourth-order valence-corrected chi connectivity index (χ4v) is 3.01. The number of nitrogens with one attached hydrogen (secondary N) is 1. The van der Waals surface area contributed by atoms with Crippen LogP contribution in [0, 0.1) is 11.8 Å². The lowest BCUT2D eigenvalue weighted by Crippen LogP contribution is -2.37. The van der Waals surface area contributed by atoms with Crippen LogP contribution in [0.15, 0.2) is 30.3 Å². The number of benzene rings is 1. The highest BCUT2D eigenvalue weighted by atomic mass is 16.2. The average molecular weight is 286 g/mol. The summed E-state index contributed by atoms with van der Waals surface area (Å²) >= 11 is 0. The number of rotatable bonds is 5. The van der Waals surface area contributed by atoms with Crippen LogP contribution in [0.1, 0.15) is 31.2 Å². The first-order valence-electron chi connectivity index (χ1n) is 7.82. The van der Waals surface area contributed by atoms with Crippen LogP contribution in [0.5, 0.6) is 0 Å². The van der Waals surface area contributed by atoms with Gasteiger partial charge in [0.05, 0.1) is 0 Å². The van der Waals surface area contributed by atoms with Crippen molar-refractivity contribution in [2.45, 2.75) is 32.2 Å². The van der Waals surface area contributed by atoms with Crippen molar-refractivity contribution < 1.29 is 9.59 Å². The molecule has 3 rings (SSSR count). The molecule has 0 aromatic heterocycles. The molecule has 2 amide bonds. The van der Waals surface area contributed by atoms with E-state index in [1.54, 1.807) is 0 Å². The van der Waals surface area contributed by atoms with Gasteiger partial charge in [0.2, 0.25) is 11.8 Å². The van der Waals surface area contributed by atoms with Crippen molar-refractivity contribution in [1.82, 2.24) is 10.2 Å². The van der Waals surface area contributed by atoms with Crippen LogP contribution in [-0.2, 0) is 16.1 Å². The van der Waals surface area contributed by atoms with Gasteiger partial charge in [0.15, 0.2) is 0 Å². The van der Waals surface area contributed by atoms with E-state index in [-0.39, 0.29) is 23.7 Å². The fourth-order valence-electron chi connectivity index (χ4n) is 3.01. The van der Waals surface area contributed by atoms with Crippen molar-refractivity contribution in [1.29, 1.82) is 0 Å². The van der Waals surface area contributed by atoms with Gasteiger partial charge < -0.3 is 10.2 Å². The van der Waals surface area contributed by atoms with Gasteiger partial charge in [-0.1, -0.05) is 36.8 Å². The highest BCUT2D eigenvalue weighted by Gasteiger charge is 2.31. The molecule has 0 radical (unpaired) electrons. The van der Waals surface area contributed by atoms with Crippen LogP contribution in [0.2, 0.25) is 0 Å². The lowest BCUT2D eigenvalue weighted by molar-refractivity contribution is -0.129. The summed E-state index contributed by atoms with van der Waals surface area (Å²) in [5, 5.41) is 3.01. The Morgan fingerprint density at radius 2 is 2.00 bits per heavy atom. The first-order valence-corrected chi connectivity index (χ1v) is 7.82. The SMILES string of the molecule is O=C(NCC1CC(=O)N(Cc2ccccc2)C1)C1CCC1. The molecule has 1 heterocycles. The van der Waals surface area contributed by atoms with Gasteiger partial charge in [0.25, 0.3) is 0 Å². The van der Waals surface area contributed by atoms with Crippen molar-refractivity contribution >= 4 is 11.8 Å². The van der Waals surface area contributed by atoms with Crippen molar-refractivity contribution in [2.75, 3.05) is 13.1 Å². The zero-order valence-electron chi connectivity index (χ0n) is 12.3. The first-order chi connectivity index (χ1) is 10.2. The van der Waals surface area contributed by atoms with Gasteiger partial charge in [-0.2, -0.15) is 0 Å². The summed E-state index contributed by atoms with van der Waals surface area (Å²) in [6, 6.07) is 10.0. The maximum Gasteiger partial charge on any atom is 0.223 e. The zero-order chi connectivity index (χ0) is 14.7. The topological polar surface area (TPSA) is 49.4 Å². The molecule has 1 aromatic carbocycles. The minimum atomic E-state index is 0.176. The molecule has 0 spiro atoms. The van der Waals surface area contributed by atoms with E-state index < -0.39 is 0 Å². The number of hydrogen-bond acceptors (Lipinski definition) is 2. The maximum atomic E-state index is 12.0. The monoisotopic (exact) mass is 286 g/mol. The minimum absolute atomic E-state index is 0.176. The van der Waals surface area contributed by atoms with Crippen molar-refractivity contribution in [3.05, 3.63) is 35.9 Å². The summed E-state index contributed by atoms with van der Waals surface area (Å²) < 4.78 is 0. The normalized spacial score (nSPS) is 22.2. The summed E-state index contributed by atoms with van der Waals surface area (Å²) in [6.45, 7) is 2.05. The van der Waals surface area contributed by atoms with E-state index in [2.05, 4.69) is 5.32 Å². The molecule has 1 atom stereocenters. The molecule has 1 unspecified atom stereocenters. The highest BCUT2D eigenvalue weighted by Crippen LogP contribution is 2.26. The maximum absolute atomic E-state index is 12.0. The van der Waals surface area contributed by atoms with Crippen LogP contribution < -0.4 is 5.32 Å². The second-order valence-electron chi connectivity index (χ2n) is 6.20. The third kappa shape index (κ3) is 3.43. The standard InChI is InChI=1S/C17H22N2O2/c20-16-9-14(10-18-17(21)15-7-4-8-15)12-19(16)11-13-5-2-1-3-6-13/h1-3,5-6,14-15H,4,7-12H2,(H,18,21). The van der Waals surface area contributed by atoms with E-state index in [4.69, 9.17) is 0 Å². The first kappa shape index (κ1) is 14.1. The molecule has 1 aliphatic heterocycles. The van der Waals surface area contributed by atoms with Crippen molar-refractivity contribution in [3.63, 3.8) is 0 Å². The molecule has 1 saturated carbocycles. The summed E-state index contributed by atoms with van der Waals surface area (Å²) in [7, 11) is 0. The third-order valence-corrected chi connectivity index (χ3v) is 4.55. The van der Waals surface area contributed by atoms with Gasteiger partial charge in [-0.05, 0) is 18.4 Å². The molecule has 1 aliphatic carbocycles. The van der Waals surface area contributed by atoms with E-state index in [1.165, 1.54) is 6.42 Å². The largest absolute Gasteiger partial charge is 0.356 e. The molecular weight excluding hydrogens is 264 g/mol. The van der Waals surface area contributed by atoms with E-state index in [0.29, 0.717) is 19.5 Å². The summed E-state index contributed by atoms with van der Waals surface area (Å²) in [4.78, 5) is 25.8. The van der Waals surface area contributed by atoms with Gasteiger partial charge in [0, 0.05) is 37.9 Å². The summed E-state index contributed by atoms with van der Waals surface area (Å²) in [5.74, 6) is 0.852. The minimum Gasteiger partial charge on any atom is -0.356 e. The quantitative estimate of drug-likeness (QED) is 0.899. The molecule has 2 aliphatic rings. The predicted octanol–water partition coefficient (Wildman–Crippen LogP) is 1.95. The van der Waals surface area contributed by atoms with E-state index in [9.17, 15) is 9.59 Å². The fraction of sp³-hybridized carbons (Fsp3) is 0.529. The lowest BCUT2D eigenvalue weighted by Gasteiger charge is -2.24. The number of carbonyl (C=O) groups is 2. The van der Waals surface area contributed by atoms with Crippen LogP contribution in [0.4, 0.5) is 0 Å².